The fourth-order valence-corrected chi connectivity index (χ4v) is 6.49. The third kappa shape index (κ3) is 7.56. The van der Waals surface area contributed by atoms with E-state index in [2.05, 4.69) is 15.0 Å². The first-order valence-electron chi connectivity index (χ1n) is 15.7. The van der Waals surface area contributed by atoms with Gasteiger partial charge in [-0.05, 0) is 91.2 Å². The van der Waals surface area contributed by atoms with E-state index in [9.17, 15) is 14.4 Å². The van der Waals surface area contributed by atoms with Gasteiger partial charge in [-0.1, -0.05) is 67.8 Å². The molecule has 0 bridgehead atoms. The first-order chi connectivity index (χ1) is 22.3. The number of aromatic nitrogens is 1. The summed E-state index contributed by atoms with van der Waals surface area (Å²) in [6.07, 6.45) is 5.73. The van der Waals surface area contributed by atoms with Crippen molar-refractivity contribution < 1.29 is 19.1 Å². The summed E-state index contributed by atoms with van der Waals surface area (Å²) in [6, 6.07) is 21.6. The van der Waals surface area contributed by atoms with Crippen LogP contribution in [-0.4, -0.2) is 41.8 Å². The van der Waals surface area contributed by atoms with Crippen molar-refractivity contribution in [1.82, 2.24) is 15.0 Å². The zero-order valence-electron chi connectivity index (χ0n) is 26.5. The van der Waals surface area contributed by atoms with Crippen molar-refractivity contribution in [1.29, 1.82) is 0 Å². The van der Waals surface area contributed by atoms with Crippen LogP contribution in [0.1, 0.15) is 80.6 Å². The van der Waals surface area contributed by atoms with Crippen LogP contribution in [0, 0.1) is 13.8 Å². The summed E-state index contributed by atoms with van der Waals surface area (Å²) in [5.74, 6) is -0.640. The zero-order valence-corrected chi connectivity index (χ0v) is 27.4. The van der Waals surface area contributed by atoms with Gasteiger partial charge in [-0.3, -0.25) is 19.3 Å². The Hall–Kier alpha value is -4.70. The van der Waals surface area contributed by atoms with Crippen LogP contribution >= 0.6 is 11.5 Å². The third-order valence-corrected chi connectivity index (χ3v) is 9.41. The number of nitrogens with two attached hydrogens (primary N) is 1. The van der Waals surface area contributed by atoms with Gasteiger partial charge < -0.3 is 21.1 Å². The highest BCUT2D eigenvalue weighted by Crippen LogP contribution is 2.35. The molecule has 1 saturated carbocycles. The highest BCUT2D eigenvalue weighted by Gasteiger charge is 2.36. The maximum absolute atomic E-state index is 14.6. The molecule has 1 heterocycles. The van der Waals surface area contributed by atoms with Gasteiger partial charge >= 0.3 is 0 Å². The summed E-state index contributed by atoms with van der Waals surface area (Å²) in [4.78, 5) is 43.5. The van der Waals surface area contributed by atoms with Gasteiger partial charge in [0.1, 0.15) is 16.7 Å². The summed E-state index contributed by atoms with van der Waals surface area (Å²) in [6.45, 7) is 4.32. The quantitative estimate of drug-likeness (QED) is 0.180. The summed E-state index contributed by atoms with van der Waals surface area (Å²) < 4.78 is 9.70. The van der Waals surface area contributed by atoms with Crippen molar-refractivity contribution in [3.8, 4) is 5.75 Å². The van der Waals surface area contributed by atoms with Crippen LogP contribution < -0.4 is 26.0 Å². The van der Waals surface area contributed by atoms with E-state index in [1.54, 1.807) is 31.4 Å². The van der Waals surface area contributed by atoms with Crippen LogP contribution in [-0.2, 0) is 11.2 Å². The molecule has 5 rings (SSSR count). The number of carbonyl (C=O) groups is 3. The van der Waals surface area contributed by atoms with Crippen molar-refractivity contribution in [2.24, 2.45) is 0 Å². The number of nitrogens with zero attached hydrogens (tertiary/aromatic N) is 2. The predicted octanol–water partition coefficient (Wildman–Crippen LogP) is 6.16. The number of amides is 3. The Balaban J connectivity index is 1.52. The molecule has 1 aliphatic rings. The SMILES string of the molecule is COc1ccc([C@H](C(=O)NCCc2ccccc2)N(C(=O)c2snc(C(=O)NC3CCCCC3)c2N)c2ccc(C)c(C)c2)cc1. The Bertz CT molecular complexity index is 1670. The van der Waals surface area contributed by atoms with E-state index >= 15 is 0 Å². The van der Waals surface area contributed by atoms with E-state index in [4.69, 9.17) is 10.5 Å². The lowest BCUT2D eigenvalue weighted by molar-refractivity contribution is -0.122. The first kappa shape index (κ1) is 32.7. The molecule has 3 amide bonds. The Morgan fingerprint density at radius 1 is 0.978 bits per heavy atom. The molecule has 4 aromatic rings. The molecule has 1 aliphatic carbocycles. The van der Waals surface area contributed by atoms with Gasteiger partial charge in [0.25, 0.3) is 11.8 Å². The number of carbonyl (C=O) groups excluding carboxylic acids is 3. The molecule has 0 unspecified atom stereocenters. The number of hydrogen-bond acceptors (Lipinski definition) is 7. The van der Waals surface area contributed by atoms with Gasteiger partial charge in [-0.25, -0.2) is 0 Å². The number of aryl methyl sites for hydroxylation is 2. The summed E-state index contributed by atoms with van der Waals surface area (Å²) in [5, 5.41) is 6.09. The number of benzene rings is 3. The fraction of sp³-hybridized carbons (Fsp3) is 0.333. The second-order valence-corrected chi connectivity index (χ2v) is 12.5. The second kappa shape index (κ2) is 15.1. The lowest BCUT2D eigenvalue weighted by Gasteiger charge is -2.32. The van der Waals surface area contributed by atoms with E-state index in [0.717, 1.165) is 60.3 Å². The standard InChI is InChI=1S/C36H41N5O4S/c1-23-14-17-28(22-24(23)2)41(36(44)33-30(37)31(40-46-33)34(42)39-27-12-8-5-9-13-27)32(26-15-18-29(45-3)19-16-26)35(43)38-21-20-25-10-6-4-7-11-25/h4,6-7,10-11,14-19,22,27,32H,5,8-9,12-13,20-21,37H2,1-3H3,(H,38,43)(H,39,42)/t32-/m1/s1. The highest BCUT2D eigenvalue weighted by atomic mass is 32.1. The molecule has 240 valence electrons. The normalized spacial score (nSPS) is 13.9. The van der Waals surface area contributed by atoms with Crippen LogP contribution in [0.25, 0.3) is 0 Å². The lowest BCUT2D eigenvalue weighted by atomic mass is 9.95. The molecule has 3 aromatic carbocycles. The number of anilines is 2. The first-order valence-corrected chi connectivity index (χ1v) is 16.5. The van der Waals surface area contributed by atoms with Crippen LogP contribution in [0.3, 0.4) is 0 Å². The molecule has 9 nitrogen and oxygen atoms in total. The molecular weight excluding hydrogens is 598 g/mol. The smallest absolute Gasteiger partial charge is 0.273 e. The van der Waals surface area contributed by atoms with Gasteiger partial charge in [0.2, 0.25) is 5.91 Å². The summed E-state index contributed by atoms with van der Waals surface area (Å²) in [5.41, 5.74) is 10.7. The van der Waals surface area contributed by atoms with Gasteiger partial charge in [0.05, 0.1) is 12.8 Å². The molecule has 0 spiro atoms. The lowest BCUT2D eigenvalue weighted by Crippen LogP contribution is -2.44. The number of methoxy groups -OCH3 is 1. The molecule has 1 fully saturated rings. The molecule has 0 aliphatic heterocycles. The van der Waals surface area contributed by atoms with Crippen molar-refractivity contribution in [2.45, 2.75) is 64.5 Å². The minimum absolute atomic E-state index is 0.00936. The van der Waals surface area contributed by atoms with E-state index in [0.29, 0.717) is 30.0 Å². The Morgan fingerprint density at radius 3 is 2.37 bits per heavy atom. The van der Waals surface area contributed by atoms with E-state index in [-0.39, 0.29) is 34.1 Å². The number of rotatable bonds is 11. The molecule has 0 saturated heterocycles. The zero-order chi connectivity index (χ0) is 32.6. The minimum atomic E-state index is -1.06. The summed E-state index contributed by atoms with van der Waals surface area (Å²) >= 11 is 0.872. The monoisotopic (exact) mass is 639 g/mol. The van der Waals surface area contributed by atoms with Crippen molar-refractivity contribution >= 4 is 40.6 Å². The van der Waals surface area contributed by atoms with Gasteiger partial charge in [-0.2, -0.15) is 4.37 Å². The molecule has 1 atom stereocenters. The van der Waals surface area contributed by atoms with Crippen molar-refractivity contribution in [2.75, 3.05) is 24.3 Å². The molecule has 0 radical (unpaired) electrons. The molecule has 46 heavy (non-hydrogen) atoms. The summed E-state index contributed by atoms with van der Waals surface area (Å²) in [7, 11) is 1.57. The third-order valence-electron chi connectivity index (χ3n) is 8.56. The van der Waals surface area contributed by atoms with Gasteiger partial charge in [0.15, 0.2) is 5.69 Å². The Morgan fingerprint density at radius 2 is 1.70 bits per heavy atom. The van der Waals surface area contributed by atoms with E-state index < -0.39 is 11.9 Å². The fourth-order valence-electron chi connectivity index (χ4n) is 5.76. The van der Waals surface area contributed by atoms with Crippen LogP contribution in [0.5, 0.6) is 5.75 Å². The van der Waals surface area contributed by atoms with Crippen molar-refractivity contribution in [3.63, 3.8) is 0 Å². The predicted molar refractivity (Wildman–Crippen MR) is 182 cm³/mol. The number of nitrogen functional groups attached to an aromatic ring is 1. The van der Waals surface area contributed by atoms with Crippen LogP contribution in [0.4, 0.5) is 11.4 Å². The Kier molecular flexibility index (Phi) is 10.7. The average molecular weight is 640 g/mol. The average Bonchev–Trinajstić information content (AvgIpc) is 3.47. The number of nitrogens with one attached hydrogen (secondary N) is 2. The minimum Gasteiger partial charge on any atom is -0.497 e. The topological polar surface area (TPSA) is 127 Å². The maximum Gasteiger partial charge on any atom is 0.273 e. The van der Waals surface area contributed by atoms with E-state index in [1.165, 1.54) is 4.90 Å². The van der Waals surface area contributed by atoms with E-state index in [1.807, 2.05) is 62.4 Å². The number of hydrogen-bond donors (Lipinski definition) is 3. The largest absolute Gasteiger partial charge is 0.497 e. The molecular formula is C36H41N5O4S. The maximum atomic E-state index is 14.6. The van der Waals surface area contributed by atoms with Crippen LogP contribution in [0.2, 0.25) is 0 Å². The highest BCUT2D eigenvalue weighted by molar-refractivity contribution is 7.09. The van der Waals surface area contributed by atoms with Crippen LogP contribution in [0.15, 0.2) is 72.8 Å². The van der Waals surface area contributed by atoms with Gasteiger partial charge in [0, 0.05) is 18.3 Å². The Labute approximate surface area is 274 Å². The van der Waals surface area contributed by atoms with Gasteiger partial charge in [-0.15, -0.1) is 0 Å². The number of ether oxygens (including phenoxy) is 1. The van der Waals surface area contributed by atoms with Crippen molar-refractivity contribution in [3.05, 3.63) is 106 Å². The molecule has 1 aromatic heterocycles. The second-order valence-electron chi connectivity index (χ2n) is 11.7. The molecule has 4 N–H and O–H groups in total. The molecule has 10 heteroatoms.